The normalized spacial score (nSPS) is 36.9. The Hall–Kier alpha value is -0.820. The standard InChI is InChI=1S/C11H12O/c12-10-6-8-5-7-3-1-2-4-9(7)11(8)10/h1-4,8,10-12H,5-6H2/t8-,10-,11+/m1/s1. The van der Waals surface area contributed by atoms with Crippen molar-refractivity contribution < 1.29 is 5.11 Å². The minimum atomic E-state index is -0.0568. The van der Waals surface area contributed by atoms with E-state index >= 15 is 0 Å². The number of aliphatic hydroxyl groups excluding tert-OH is 1. The molecule has 1 saturated carbocycles. The molecule has 0 bridgehead atoms. The van der Waals surface area contributed by atoms with Crippen molar-refractivity contribution in [1.29, 1.82) is 0 Å². The van der Waals surface area contributed by atoms with Crippen LogP contribution < -0.4 is 0 Å². The van der Waals surface area contributed by atoms with Crippen LogP contribution in [0.1, 0.15) is 23.5 Å². The van der Waals surface area contributed by atoms with Crippen LogP contribution in [0.4, 0.5) is 0 Å². The molecule has 1 aromatic rings. The summed E-state index contributed by atoms with van der Waals surface area (Å²) < 4.78 is 0. The predicted octanol–water partition coefficient (Wildman–Crippen LogP) is 1.71. The first kappa shape index (κ1) is 6.67. The predicted molar refractivity (Wildman–Crippen MR) is 47.0 cm³/mol. The molecule has 0 unspecified atom stereocenters. The zero-order valence-electron chi connectivity index (χ0n) is 6.90. The monoisotopic (exact) mass is 160 g/mol. The molecular formula is C11H12O. The van der Waals surface area contributed by atoms with Crippen molar-refractivity contribution in [3.05, 3.63) is 35.4 Å². The van der Waals surface area contributed by atoms with Gasteiger partial charge >= 0.3 is 0 Å². The van der Waals surface area contributed by atoms with Gasteiger partial charge in [-0.25, -0.2) is 0 Å². The average Bonchev–Trinajstić information content (AvgIpc) is 2.35. The Morgan fingerprint density at radius 2 is 2.08 bits per heavy atom. The lowest BCUT2D eigenvalue weighted by molar-refractivity contribution is 0.0215. The topological polar surface area (TPSA) is 20.2 Å². The maximum absolute atomic E-state index is 9.56. The first-order valence-electron chi connectivity index (χ1n) is 4.62. The summed E-state index contributed by atoms with van der Waals surface area (Å²) in [6.45, 7) is 0. The molecule has 0 aromatic heterocycles. The van der Waals surface area contributed by atoms with Crippen molar-refractivity contribution in [3.63, 3.8) is 0 Å². The summed E-state index contributed by atoms with van der Waals surface area (Å²) in [4.78, 5) is 0. The summed E-state index contributed by atoms with van der Waals surface area (Å²) in [5.74, 6) is 1.22. The first-order valence-corrected chi connectivity index (χ1v) is 4.62. The lowest BCUT2D eigenvalue weighted by Crippen LogP contribution is -2.36. The Kier molecular flexibility index (Phi) is 1.17. The van der Waals surface area contributed by atoms with Crippen molar-refractivity contribution in [2.24, 2.45) is 5.92 Å². The van der Waals surface area contributed by atoms with E-state index in [2.05, 4.69) is 24.3 Å². The number of aliphatic hydroxyl groups is 1. The molecule has 0 radical (unpaired) electrons. The highest BCUT2D eigenvalue weighted by atomic mass is 16.3. The Morgan fingerprint density at radius 1 is 1.25 bits per heavy atom. The summed E-state index contributed by atoms with van der Waals surface area (Å²) in [7, 11) is 0. The van der Waals surface area contributed by atoms with Crippen LogP contribution in [0.15, 0.2) is 24.3 Å². The maximum Gasteiger partial charge on any atom is 0.0614 e. The van der Waals surface area contributed by atoms with Crippen molar-refractivity contribution >= 4 is 0 Å². The van der Waals surface area contributed by atoms with E-state index in [0.29, 0.717) is 5.92 Å². The number of benzene rings is 1. The third-order valence-electron chi connectivity index (χ3n) is 3.36. The fraction of sp³-hybridized carbons (Fsp3) is 0.455. The summed E-state index contributed by atoms with van der Waals surface area (Å²) in [6, 6.07) is 8.53. The second-order valence-electron chi connectivity index (χ2n) is 3.99. The molecule has 12 heavy (non-hydrogen) atoms. The van der Waals surface area contributed by atoms with Gasteiger partial charge in [0.2, 0.25) is 0 Å². The molecule has 0 aliphatic heterocycles. The molecule has 3 atom stereocenters. The smallest absolute Gasteiger partial charge is 0.0614 e. The fourth-order valence-electron chi connectivity index (χ4n) is 2.72. The largest absolute Gasteiger partial charge is 0.392 e. The lowest BCUT2D eigenvalue weighted by Gasteiger charge is -2.37. The van der Waals surface area contributed by atoms with Crippen molar-refractivity contribution in [2.75, 3.05) is 0 Å². The van der Waals surface area contributed by atoms with Crippen LogP contribution >= 0.6 is 0 Å². The Morgan fingerprint density at radius 3 is 2.92 bits per heavy atom. The Bertz CT molecular complexity index is 319. The van der Waals surface area contributed by atoms with Gasteiger partial charge < -0.3 is 5.11 Å². The molecule has 0 saturated heterocycles. The number of fused-ring (bicyclic) bond motifs is 3. The van der Waals surface area contributed by atoms with Crippen LogP contribution in [0.2, 0.25) is 0 Å². The molecule has 1 fully saturated rings. The van der Waals surface area contributed by atoms with Crippen LogP contribution in [0.5, 0.6) is 0 Å². The minimum Gasteiger partial charge on any atom is -0.392 e. The van der Waals surface area contributed by atoms with E-state index < -0.39 is 0 Å². The molecule has 1 nitrogen and oxygen atoms in total. The van der Waals surface area contributed by atoms with Crippen LogP contribution in [0.3, 0.4) is 0 Å². The van der Waals surface area contributed by atoms with Gasteiger partial charge in [0, 0.05) is 5.92 Å². The quantitative estimate of drug-likeness (QED) is 0.612. The number of hydrogen-bond donors (Lipinski definition) is 1. The summed E-state index contributed by atoms with van der Waals surface area (Å²) >= 11 is 0. The van der Waals surface area contributed by atoms with Gasteiger partial charge in [0.25, 0.3) is 0 Å². The van der Waals surface area contributed by atoms with Crippen LogP contribution in [0.25, 0.3) is 0 Å². The molecule has 2 aliphatic carbocycles. The van der Waals surface area contributed by atoms with E-state index in [1.807, 2.05) is 0 Å². The molecule has 0 heterocycles. The highest BCUT2D eigenvalue weighted by Gasteiger charge is 2.45. The lowest BCUT2D eigenvalue weighted by atomic mass is 9.72. The van der Waals surface area contributed by atoms with Gasteiger partial charge in [-0.15, -0.1) is 0 Å². The summed E-state index contributed by atoms with van der Waals surface area (Å²) in [5, 5.41) is 9.56. The molecular weight excluding hydrogens is 148 g/mol. The van der Waals surface area contributed by atoms with E-state index in [4.69, 9.17) is 0 Å². The highest BCUT2D eigenvalue weighted by Crippen LogP contribution is 2.50. The zero-order valence-corrected chi connectivity index (χ0v) is 6.90. The van der Waals surface area contributed by atoms with E-state index in [1.54, 1.807) is 0 Å². The van der Waals surface area contributed by atoms with Crippen LogP contribution in [-0.4, -0.2) is 11.2 Å². The first-order chi connectivity index (χ1) is 5.86. The van der Waals surface area contributed by atoms with Gasteiger partial charge in [0.15, 0.2) is 0 Å². The van der Waals surface area contributed by atoms with Gasteiger partial charge in [0.1, 0.15) is 0 Å². The molecule has 0 spiro atoms. The maximum atomic E-state index is 9.56. The van der Waals surface area contributed by atoms with Gasteiger partial charge in [0.05, 0.1) is 6.10 Å². The Labute approximate surface area is 72.0 Å². The van der Waals surface area contributed by atoms with Gasteiger partial charge in [-0.3, -0.25) is 0 Å². The summed E-state index contributed by atoms with van der Waals surface area (Å²) in [6.07, 6.45) is 2.15. The summed E-state index contributed by atoms with van der Waals surface area (Å²) in [5.41, 5.74) is 2.87. The SMILES string of the molecule is O[C@@H]1C[C@H]2Cc3ccccc3[C@H]21. The van der Waals surface area contributed by atoms with Crippen molar-refractivity contribution in [2.45, 2.75) is 24.9 Å². The van der Waals surface area contributed by atoms with Gasteiger partial charge in [-0.1, -0.05) is 24.3 Å². The zero-order chi connectivity index (χ0) is 8.13. The fourth-order valence-corrected chi connectivity index (χ4v) is 2.72. The molecule has 1 aromatic carbocycles. The molecule has 1 N–H and O–H groups in total. The molecule has 1 heteroatoms. The van der Waals surface area contributed by atoms with E-state index in [9.17, 15) is 5.11 Å². The van der Waals surface area contributed by atoms with Crippen LogP contribution in [-0.2, 0) is 6.42 Å². The molecule has 62 valence electrons. The molecule has 2 aliphatic rings. The third-order valence-corrected chi connectivity index (χ3v) is 3.36. The van der Waals surface area contributed by atoms with Crippen molar-refractivity contribution in [1.82, 2.24) is 0 Å². The second kappa shape index (κ2) is 2.11. The van der Waals surface area contributed by atoms with Gasteiger partial charge in [-0.2, -0.15) is 0 Å². The van der Waals surface area contributed by atoms with E-state index in [0.717, 1.165) is 12.3 Å². The van der Waals surface area contributed by atoms with Crippen LogP contribution in [0, 0.1) is 5.92 Å². The second-order valence-corrected chi connectivity index (χ2v) is 3.99. The number of rotatable bonds is 0. The number of hydrogen-bond acceptors (Lipinski definition) is 1. The minimum absolute atomic E-state index is 0.0568. The van der Waals surface area contributed by atoms with Gasteiger partial charge in [-0.05, 0) is 29.9 Å². The average molecular weight is 160 g/mol. The molecule has 0 amide bonds. The Balaban J connectivity index is 2.09. The van der Waals surface area contributed by atoms with E-state index in [1.165, 1.54) is 17.5 Å². The highest BCUT2D eigenvalue weighted by molar-refractivity contribution is 5.39. The van der Waals surface area contributed by atoms with E-state index in [-0.39, 0.29) is 6.10 Å². The van der Waals surface area contributed by atoms with Crippen molar-refractivity contribution in [3.8, 4) is 0 Å². The third kappa shape index (κ3) is 0.674. The molecule has 3 rings (SSSR count).